The van der Waals surface area contributed by atoms with Crippen LogP contribution >= 0.6 is 11.6 Å². The molecule has 0 amide bonds. The molecule has 0 saturated heterocycles. The fraction of sp³-hybridized carbons (Fsp3) is 0.143. The van der Waals surface area contributed by atoms with E-state index >= 15 is 0 Å². The van der Waals surface area contributed by atoms with Crippen molar-refractivity contribution in [2.24, 2.45) is 0 Å². The van der Waals surface area contributed by atoms with Gasteiger partial charge in [-0.3, -0.25) is 4.72 Å². The van der Waals surface area contributed by atoms with Crippen LogP contribution in [0.2, 0.25) is 5.02 Å². The van der Waals surface area contributed by atoms with Gasteiger partial charge < -0.3 is 5.73 Å². The zero-order valence-corrected chi connectivity index (χ0v) is 12.7. The summed E-state index contributed by atoms with van der Waals surface area (Å²) in [7, 11) is -3.71. The summed E-state index contributed by atoms with van der Waals surface area (Å²) in [4.78, 5) is 0.0482. The number of nitrogen functional groups attached to an aromatic ring is 1. The molecule has 0 bridgehead atoms. The third-order valence-corrected chi connectivity index (χ3v) is 4.69. The first-order valence-electron chi connectivity index (χ1n) is 5.95. The Hall–Kier alpha value is -1.72. The third kappa shape index (κ3) is 3.05. The number of sulfonamides is 1. The molecule has 106 valence electrons. The highest BCUT2D eigenvalue weighted by Gasteiger charge is 2.17. The van der Waals surface area contributed by atoms with Crippen molar-refractivity contribution in [2.75, 3.05) is 10.5 Å². The van der Waals surface area contributed by atoms with Gasteiger partial charge >= 0.3 is 0 Å². The molecule has 0 heterocycles. The topological polar surface area (TPSA) is 72.2 Å². The summed E-state index contributed by atoms with van der Waals surface area (Å²) in [6, 6.07) is 9.90. The Morgan fingerprint density at radius 1 is 1.15 bits per heavy atom. The molecular weight excluding hydrogens is 296 g/mol. The largest absolute Gasteiger partial charge is 0.398 e. The predicted octanol–water partition coefficient (Wildman–Crippen LogP) is 3.34. The van der Waals surface area contributed by atoms with Crippen LogP contribution in [-0.2, 0) is 10.0 Å². The normalized spacial score (nSPS) is 11.3. The first kappa shape index (κ1) is 14.7. The van der Waals surface area contributed by atoms with E-state index in [0.717, 1.165) is 5.56 Å². The van der Waals surface area contributed by atoms with E-state index in [0.29, 0.717) is 22.0 Å². The van der Waals surface area contributed by atoms with E-state index in [1.54, 1.807) is 25.1 Å². The van der Waals surface area contributed by atoms with Crippen LogP contribution in [-0.4, -0.2) is 8.42 Å². The van der Waals surface area contributed by atoms with E-state index < -0.39 is 10.0 Å². The van der Waals surface area contributed by atoms with Gasteiger partial charge in [-0.25, -0.2) is 8.42 Å². The molecule has 0 atom stereocenters. The van der Waals surface area contributed by atoms with E-state index in [2.05, 4.69) is 4.72 Å². The van der Waals surface area contributed by atoms with Crippen LogP contribution in [0.3, 0.4) is 0 Å². The van der Waals surface area contributed by atoms with Crippen molar-refractivity contribution in [2.45, 2.75) is 18.7 Å². The highest BCUT2D eigenvalue weighted by atomic mass is 35.5. The zero-order chi connectivity index (χ0) is 14.9. The molecule has 2 aromatic rings. The van der Waals surface area contributed by atoms with Gasteiger partial charge in [-0.05, 0) is 49.2 Å². The molecule has 0 saturated carbocycles. The Balaban J connectivity index is 2.41. The van der Waals surface area contributed by atoms with E-state index in [1.807, 2.05) is 13.0 Å². The second-order valence-electron chi connectivity index (χ2n) is 4.59. The summed E-state index contributed by atoms with van der Waals surface area (Å²) in [5, 5.41) is 0.328. The van der Waals surface area contributed by atoms with Crippen molar-refractivity contribution < 1.29 is 8.42 Å². The molecule has 3 N–H and O–H groups in total. The highest BCUT2D eigenvalue weighted by Crippen LogP contribution is 2.27. The minimum absolute atomic E-state index is 0.0482. The molecule has 0 aromatic heterocycles. The van der Waals surface area contributed by atoms with Crippen molar-refractivity contribution in [3.8, 4) is 0 Å². The monoisotopic (exact) mass is 310 g/mol. The first-order chi connectivity index (χ1) is 9.29. The van der Waals surface area contributed by atoms with Crippen LogP contribution < -0.4 is 10.5 Å². The lowest BCUT2D eigenvalue weighted by Gasteiger charge is -2.11. The number of nitrogens with two attached hydrogens (primary N) is 1. The van der Waals surface area contributed by atoms with Crippen molar-refractivity contribution >= 4 is 33.0 Å². The van der Waals surface area contributed by atoms with Crippen molar-refractivity contribution in [1.29, 1.82) is 0 Å². The van der Waals surface area contributed by atoms with Crippen LogP contribution in [0.4, 0.5) is 11.4 Å². The van der Waals surface area contributed by atoms with Crippen molar-refractivity contribution in [1.82, 2.24) is 0 Å². The van der Waals surface area contributed by atoms with Crippen LogP contribution in [0.5, 0.6) is 0 Å². The lowest BCUT2D eigenvalue weighted by molar-refractivity contribution is 0.601. The lowest BCUT2D eigenvalue weighted by Crippen LogP contribution is -2.13. The van der Waals surface area contributed by atoms with Gasteiger partial charge in [-0.2, -0.15) is 0 Å². The van der Waals surface area contributed by atoms with Gasteiger partial charge in [0.25, 0.3) is 10.0 Å². The quantitative estimate of drug-likeness (QED) is 0.854. The van der Waals surface area contributed by atoms with Crippen molar-refractivity contribution in [3.05, 3.63) is 52.5 Å². The van der Waals surface area contributed by atoms with Gasteiger partial charge in [0.15, 0.2) is 0 Å². The maximum Gasteiger partial charge on any atom is 0.262 e. The molecule has 0 aliphatic carbocycles. The Morgan fingerprint density at radius 3 is 2.45 bits per heavy atom. The van der Waals surface area contributed by atoms with Crippen molar-refractivity contribution in [3.63, 3.8) is 0 Å². The van der Waals surface area contributed by atoms with Gasteiger partial charge in [0, 0.05) is 16.4 Å². The fourth-order valence-corrected chi connectivity index (χ4v) is 3.15. The van der Waals surface area contributed by atoms with Crippen LogP contribution in [0.15, 0.2) is 41.3 Å². The Bertz CT molecular complexity index is 735. The molecule has 6 heteroatoms. The van der Waals surface area contributed by atoms with E-state index in [1.165, 1.54) is 12.1 Å². The van der Waals surface area contributed by atoms with Gasteiger partial charge in [0.2, 0.25) is 0 Å². The molecule has 0 radical (unpaired) electrons. The molecule has 2 aromatic carbocycles. The van der Waals surface area contributed by atoms with Crippen LogP contribution in [0, 0.1) is 13.8 Å². The number of rotatable bonds is 3. The second-order valence-corrected chi connectivity index (χ2v) is 6.68. The summed E-state index contributed by atoms with van der Waals surface area (Å²) in [5.41, 5.74) is 8.24. The summed E-state index contributed by atoms with van der Waals surface area (Å²) in [6.45, 7) is 3.63. The number of anilines is 2. The van der Waals surface area contributed by atoms with E-state index in [9.17, 15) is 8.42 Å². The lowest BCUT2D eigenvalue weighted by atomic mass is 10.2. The minimum atomic E-state index is -3.71. The summed E-state index contributed by atoms with van der Waals surface area (Å²) in [6.07, 6.45) is 0. The van der Waals surface area contributed by atoms with E-state index in [4.69, 9.17) is 17.3 Å². The van der Waals surface area contributed by atoms with Gasteiger partial charge in [-0.1, -0.05) is 23.7 Å². The molecule has 2 rings (SSSR count). The molecule has 0 aliphatic heterocycles. The Kier molecular flexibility index (Phi) is 3.92. The van der Waals surface area contributed by atoms with Gasteiger partial charge in [0.05, 0.1) is 4.90 Å². The maximum absolute atomic E-state index is 12.3. The summed E-state index contributed by atoms with van der Waals surface area (Å²) in [5.74, 6) is 0. The third-order valence-electron chi connectivity index (χ3n) is 2.94. The maximum atomic E-state index is 12.3. The SMILES string of the molecule is Cc1cccc(NS(=O)(=O)c2cc(N)c(C)c(Cl)c2)c1. The number of hydrogen-bond acceptors (Lipinski definition) is 3. The van der Waals surface area contributed by atoms with Gasteiger partial charge in [0.1, 0.15) is 0 Å². The fourth-order valence-electron chi connectivity index (χ4n) is 1.75. The molecule has 0 spiro atoms. The van der Waals surface area contributed by atoms with E-state index in [-0.39, 0.29) is 4.90 Å². The smallest absolute Gasteiger partial charge is 0.262 e. The average molecular weight is 311 g/mol. The number of nitrogens with one attached hydrogen (secondary N) is 1. The molecular formula is C14H15ClN2O2S. The molecule has 0 fully saturated rings. The summed E-state index contributed by atoms with van der Waals surface area (Å²) < 4.78 is 27.1. The van der Waals surface area contributed by atoms with Crippen LogP contribution in [0.25, 0.3) is 0 Å². The molecule has 0 aliphatic rings. The first-order valence-corrected chi connectivity index (χ1v) is 7.81. The number of aryl methyl sites for hydroxylation is 1. The molecule has 20 heavy (non-hydrogen) atoms. The van der Waals surface area contributed by atoms with Crippen LogP contribution in [0.1, 0.15) is 11.1 Å². The molecule has 4 nitrogen and oxygen atoms in total. The zero-order valence-electron chi connectivity index (χ0n) is 11.1. The second kappa shape index (κ2) is 5.34. The average Bonchev–Trinajstić information content (AvgIpc) is 2.34. The Labute approximate surface area is 123 Å². The standard InChI is InChI=1S/C14H15ClN2O2S/c1-9-4-3-5-11(6-9)17-20(18,19)12-7-13(15)10(2)14(16)8-12/h3-8,17H,16H2,1-2H3. The van der Waals surface area contributed by atoms with Gasteiger partial charge in [-0.15, -0.1) is 0 Å². The number of hydrogen-bond donors (Lipinski definition) is 2. The number of benzene rings is 2. The number of halogens is 1. The predicted molar refractivity (Wildman–Crippen MR) is 82.6 cm³/mol. The highest BCUT2D eigenvalue weighted by molar-refractivity contribution is 7.92. The molecule has 0 unspecified atom stereocenters. The minimum Gasteiger partial charge on any atom is -0.398 e. The summed E-state index contributed by atoms with van der Waals surface area (Å²) >= 11 is 5.98. The Morgan fingerprint density at radius 2 is 1.85 bits per heavy atom.